The van der Waals surface area contributed by atoms with Crippen molar-refractivity contribution >= 4 is 23.9 Å². The summed E-state index contributed by atoms with van der Waals surface area (Å²) in [6.07, 6.45) is 51.2. The second kappa shape index (κ2) is 48.6. The van der Waals surface area contributed by atoms with Gasteiger partial charge in [0.05, 0.1) is 13.0 Å². The molecule has 1 saturated heterocycles. The molecule has 73 heavy (non-hydrogen) atoms. The van der Waals surface area contributed by atoms with E-state index in [0.29, 0.717) is 19.3 Å². The minimum Gasteiger partial charge on any atom is -0.479 e. The average Bonchev–Trinajstić information content (AvgIpc) is 3.37. The Labute approximate surface area is 441 Å². The number of allylic oxidation sites excluding steroid dienone is 15. The predicted octanol–water partition coefficient (Wildman–Crippen LogP) is 14.1. The highest BCUT2D eigenvalue weighted by atomic mass is 16.7. The SMILES string of the molecule is CC/C=C\C/C=C\C/C=C\C/C=C\C/C=C\CC(=O)OCC(COC1OC(C(=O)O)C(O)C(O)C1OC(=O)CCCCCCCCCCCCCCC)OC(=O)CCCCCCC/C=C\C/C=C\C/C=C\CC. The number of carbonyl (C=O) groups excluding carboxylic acids is 3. The topological polar surface area (TPSA) is 175 Å². The summed E-state index contributed by atoms with van der Waals surface area (Å²) in [4.78, 5) is 51.0. The van der Waals surface area contributed by atoms with Gasteiger partial charge in [0.25, 0.3) is 0 Å². The van der Waals surface area contributed by atoms with Crippen LogP contribution in [0, 0.1) is 0 Å². The maximum Gasteiger partial charge on any atom is 0.335 e. The van der Waals surface area contributed by atoms with Crippen molar-refractivity contribution in [1.82, 2.24) is 0 Å². The van der Waals surface area contributed by atoms with Crippen LogP contribution in [-0.4, -0.2) is 89.2 Å². The van der Waals surface area contributed by atoms with Crippen LogP contribution in [0.5, 0.6) is 0 Å². The van der Waals surface area contributed by atoms with Crippen LogP contribution in [0.25, 0.3) is 0 Å². The second-order valence-electron chi connectivity index (χ2n) is 18.8. The highest BCUT2D eigenvalue weighted by Crippen LogP contribution is 2.26. The fourth-order valence-corrected chi connectivity index (χ4v) is 7.92. The Morgan fingerprint density at radius 3 is 1.38 bits per heavy atom. The van der Waals surface area contributed by atoms with Crippen LogP contribution < -0.4 is 0 Å². The van der Waals surface area contributed by atoms with Gasteiger partial charge in [-0.2, -0.15) is 0 Å². The molecule has 3 N–H and O–H groups in total. The number of hydrogen-bond donors (Lipinski definition) is 3. The summed E-state index contributed by atoms with van der Waals surface area (Å²) in [5, 5.41) is 31.4. The van der Waals surface area contributed by atoms with Gasteiger partial charge in [0, 0.05) is 12.8 Å². The zero-order valence-corrected chi connectivity index (χ0v) is 45.3. The molecule has 12 heteroatoms. The van der Waals surface area contributed by atoms with Gasteiger partial charge in [0.1, 0.15) is 18.8 Å². The lowest BCUT2D eigenvalue weighted by atomic mass is 9.98. The van der Waals surface area contributed by atoms with Gasteiger partial charge in [-0.05, 0) is 77.0 Å². The van der Waals surface area contributed by atoms with Crippen LogP contribution in [0.3, 0.4) is 0 Å². The number of aliphatic hydroxyl groups excluding tert-OH is 2. The number of aliphatic carboxylic acids is 1. The van der Waals surface area contributed by atoms with E-state index in [9.17, 15) is 34.5 Å². The normalized spacial score (nSPS) is 19.1. The van der Waals surface area contributed by atoms with Gasteiger partial charge in [-0.15, -0.1) is 0 Å². The van der Waals surface area contributed by atoms with Crippen molar-refractivity contribution in [1.29, 1.82) is 0 Å². The minimum absolute atomic E-state index is 0.0216. The van der Waals surface area contributed by atoms with Gasteiger partial charge >= 0.3 is 23.9 Å². The molecule has 1 aliphatic rings. The molecule has 0 amide bonds. The number of esters is 3. The van der Waals surface area contributed by atoms with E-state index in [4.69, 9.17) is 23.7 Å². The number of hydrogen-bond acceptors (Lipinski definition) is 11. The molecule has 6 unspecified atom stereocenters. The quantitative estimate of drug-likeness (QED) is 0.0228. The standard InChI is InChI=1S/C61H98O12/c1-4-7-10-13-16-19-22-25-27-30-32-35-38-41-44-47-53(62)69-50-52(71-54(63)48-45-42-39-36-34-31-28-26-23-20-17-14-11-8-5-2)51-70-61-59(57(66)56(65)58(73-61)60(67)68)72-55(64)49-46-43-40-37-33-29-24-21-18-15-12-9-6-3/h7-8,10-11,16-17,19-20,25-28,32,35,41,44,52,56-59,61,65-66H,4-6,9,12-15,18,21-24,29-31,33-34,36-40,42-43,45-51H2,1-3H3,(H,67,68)/b10-7-,11-8-,19-16-,20-17-,27-25-,28-26-,35-32-,44-41-. The molecule has 1 rings (SSSR count). The number of unbranched alkanes of at least 4 members (excludes halogenated alkanes) is 17. The van der Waals surface area contributed by atoms with Gasteiger partial charge in [-0.25, -0.2) is 4.79 Å². The van der Waals surface area contributed by atoms with Crippen LogP contribution in [0.2, 0.25) is 0 Å². The Kier molecular flexibility index (Phi) is 44.4. The molecule has 0 aromatic carbocycles. The van der Waals surface area contributed by atoms with E-state index in [1.54, 1.807) is 6.08 Å². The van der Waals surface area contributed by atoms with Crippen LogP contribution in [0.1, 0.15) is 213 Å². The van der Waals surface area contributed by atoms with Crippen molar-refractivity contribution in [2.24, 2.45) is 0 Å². The first-order valence-electron chi connectivity index (χ1n) is 28.2. The molecule has 0 aliphatic carbocycles. The number of carboxylic acid groups (broad SMARTS) is 1. The maximum absolute atomic E-state index is 13.1. The summed E-state index contributed by atoms with van der Waals surface area (Å²) < 4.78 is 28.2. The first-order chi connectivity index (χ1) is 35.6. The van der Waals surface area contributed by atoms with E-state index >= 15 is 0 Å². The fourth-order valence-electron chi connectivity index (χ4n) is 7.92. The molecule has 414 valence electrons. The van der Waals surface area contributed by atoms with Crippen LogP contribution >= 0.6 is 0 Å². The Hall–Kier alpha value is -4.36. The van der Waals surface area contributed by atoms with Crippen LogP contribution in [0.4, 0.5) is 0 Å². The zero-order valence-electron chi connectivity index (χ0n) is 45.3. The highest BCUT2D eigenvalue weighted by molar-refractivity contribution is 5.74. The van der Waals surface area contributed by atoms with E-state index in [2.05, 4.69) is 99.8 Å². The van der Waals surface area contributed by atoms with Gasteiger partial charge < -0.3 is 39.0 Å². The fraction of sp³-hybridized carbons (Fsp3) is 0.672. The number of carbonyl (C=O) groups is 4. The molecule has 0 bridgehead atoms. The van der Waals surface area contributed by atoms with E-state index in [-0.39, 0.29) is 25.9 Å². The first kappa shape index (κ1) is 66.7. The van der Waals surface area contributed by atoms with E-state index in [0.717, 1.165) is 103 Å². The van der Waals surface area contributed by atoms with Gasteiger partial charge in [0.2, 0.25) is 0 Å². The Morgan fingerprint density at radius 2 is 0.904 bits per heavy atom. The van der Waals surface area contributed by atoms with Gasteiger partial charge in [-0.3, -0.25) is 14.4 Å². The zero-order chi connectivity index (χ0) is 53.3. The summed E-state index contributed by atoms with van der Waals surface area (Å²) >= 11 is 0. The second-order valence-corrected chi connectivity index (χ2v) is 18.8. The Bertz CT molecular complexity index is 1640. The molecule has 0 aromatic rings. The summed E-state index contributed by atoms with van der Waals surface area (Å²) in [6, 6.07) is 0. The van der Waals surface area contributed by atoms with Gasteiger partial charge in [0.15, 0.2) is 24.6 Å². The minimum atomic E-state index is -1.92. The van der Waals surface area contributed by atoms with Crippen molar-refractivity contribution in [3.63, 3.8) is 0 Å². The molecule has 0 saturated carbocycles. The molecule has 1 fully saturated rings. The molecule has 0 spiro atoms. The van der Waals surface area contributed by atoms with Crippen molar-refractivity contribution < 1.29 is 58.2 Å². The van der Waals surface area contributed by atoms with Gasteiger partial charge in [-0.1, -0.05) is 214 Å². The summed E-state index contributed by atoms with van der Waals surface area (Å²) in [7, 11) is 0. The first-order valence-corrected chi connectivity index (χ1v) is 28.2. The van der Waals surface area contributed by atoms with E-state index in [1.165, 1.54) is 51.4 Å². The predicted molar refractivity (Wildman–Crippen MR) is 294 cm³/mol. The molecule has 6 atom stereocenters. The third-order valence-electron chi connectivity index (χ3n) is 12.2. The Balaban J connectivity index is 2.78. The molecule has 1 aliphatic heterocycles. The number of ether oxygens (including phenoxy) is 5. The smallest absolute Gasteiger partial charge is 0.335 e. The van der Waals surface area contributed by atoms with Crippen LogP contribution in [-0.2, 0) is 42.9 Å². The third kappa shape index (κ3) is 38.8. The monoisotopic (exact) mass is 1020 g/mol. The molecule has 1 heterocycles. The molecular formula is C61H98O12. The largest absolute Gasteiger partial charge is 0.479 e. The van der Waals surface area contributed by atoms with Crippen molar-refractivity contribution in [2.45, 2.75) is 250 Å². The van der Waals surface area contributed by atoms with E-state index < -0.39 is 67.3 Å². The number of rotatable bonds is 46. The van der Waals surface area contributed by atoms with E-state index in [1.807, 2.05) is 12.2 Å². The lowest BCUT2D eigenvalue weighted by Gasteiger charge is -2.40. The summed E-state index contributed by atoms with van der Waals surface area (Å²) in [6.45, 7) is 5.64. The Morgan fingerprint density at radius 1 is 0.479 bits per heavy atom. The van der Waals surface area contributed by atoms with Crippen LogP contribution in [0.15, 0.2) is 97.2 Å². The molecule has 0 aromatic heterocycles. The maximum atomic E-state index is 13.1. The highest BCUT2D eigenvalue weighted by Gasteiger charge is 2.50. The summed E-state index contributed by atoms with van der Waals surface area (Å²) in [5.41, 5.74) is 0. The molecule has 12 nitrogen and oxygen atoms in total. The third-order valence-corrected chi connectivity index (χ3v) is 12.2. The lowest BCUT2D eigenvalue weighted by molar-refractivity contribution is -0.301. The van der Waals surface area contributed by atoms with Crippen molar-refractivity contribution in [3.05, 3.63) is 97.2 Å². The van der Waals surface area contributed by atoms with Crippen molar-refractivity contribution in [2.75, 3.05) is 13.2 Å². The van der Waals surface area contributed by atoms with Crippen molar-refractivity contribution in [3.8, 4) is 0 Å². The molecular weight excluding hydrogens is 925 g/mol. The summed E-state index contributed by atoms with van der Waals surface area (Å²) in [5.74, 6) is -3.31. The number of carboxylic acids is 1. The average molecular weight is 1020 g/mol. The lowest BCUT2D eigenvalue weighted by Crippen LogP contribution is -2.61. The number of aliphatic hydroxyl groups is 2. The molecule has 0 radical (unpaired) electrons.